The Morgan fingerprint density at radius 3 is 2.57 bits per heavy atom. The van der Waals surface area contributed by atoms with Crippen LogP contribution >= 0.6 is 0 Å². The number of phenolic OH excluding ortho intramolecular Hbond substituents is 1. The number of amides is 2. The van der Waals surface area contributed by atoms with Crippen LogP contribution in [0.3, 0.4) is 0 Å². The molecule has 13 nitrogen and oxygen atoms in total. The maximum Gasteiger partial charge on any atom is 0.323 e. The van der Waals surface area contributed by atoms with Crippen LogP contribution in [0.5, 0.6) is 17.2 Å². The summed E-state index contributed by atoms with van der Waals surface area (Å²) in [6, 6.07) is 14.3. The summed E-state index contributed by atoms with van der Waals surface area (Å²) in [6.45, 7) is 9.74. The highest BCUT2D eigenvalue weighted by molar-refractivity contribution is 7.77. The third-order valence-corrected chi connectivity index (χ3v) is 9.35. The fraction of sp³-hybridized carbons (Fsp3) is 0.400. The van der Waals surface area contributed by atoms with Crippen molar-refractivity contribution in [3.05, 3.63) is 76.6 Å². The second-order valence-corrected chi connectivity index (χ2v) is 14.1. The van der Waals surface area contributed by atoms with Crippen LogP contribution in [-0.2, 0) is 49.2 Å². The average molecular weight is 690 g/mol. The number of fused-ring (bicyclic) bond motifs is 2. The van der Waals surface area contributed by atoms with E-state index < -0.39 is 17.3 Å². The molecule has 0 saturated heterocycles. The van der Waals surface area contributed by atoms with Crippen LogP contribution in [-0.4, -0.2) is 66.4 Å². The maximum atomic E-state index is 13.4. The lowest BCUT2D eigenvalue weighted by Gasteiger charge is -2.27. The summed E-state index contributed by atoms with van der Waals surface area (Å²) < 4.78 is 37.2. The van der Waals surface area contributed by atoms with Crippen molar-refractivity contribution in [2.45, 2.75) is 65.1 Å². The van der Waals surface area contributed by atoms with Crippen molar-refractivity contribution in [1.82, 2.24) is 24.4 Å². The van der Waals surface area contributed by atoms with Crippen LogP contribution in [0.1, 0.15) is 55.3 Å². The van der Waals surface area contributed by atoms with Crippen molar-refractivity contribution >= 4 is 28.7 Å². The number of phenols is 1. The molecule has 6 rings (SSSR count). The standard InChI is InChI=1S/C35H43N7O6S/c1-35(2,3)24-17-23(20-36-49(45)46)32(47-4)29(19-24)38-34(44)37-28-11-12-30(27-10-6-9-26(27)28)48-16-15-41-13-14-42-31(21-41)39-40-33(42)22-7-5-8-25(43)18-22/h5,7-8,11-12,17-19,36,43H,6,9-10,13-16,20-21H2,1-4H3,(H,45,46)(H2,37,38,44). The Hall–Kier alpha value is -4.50. The third kappa shape index (κ3) is 7.88. The van der Waals surface area contributed by atoms with E-state index in [1.807, 2.05) is 30.3 Å². The number of anilines is 2. The molecule has 0 bridgehead atoms. The van der Waals surface area contributed by atoms with Gasteiger partial charge in [-0.1, -0.05) is 39.0 Å². The first kappa shape index (κ1) is 34.4. The molecule has 1 aliphatic carbocycles. The monoisotopic (exact) mass is 689 g/mol. The van der Waals surface area contributed by atoms with Gasteiger partial charge in [0.15, 0.2) is 5.82 Å². The van der Waals surface area contributed by atoms with E-state index in [0.717, 1.165) is 84.2 Å². The number of aromatic hydroxyl groups is 1. The molecule has 1 aromatic heterocycles. The summed E-state index contributed by atoms with van der Waals surface area (Å²) >= 11 is -2.20. The summed E-state index contributed by atoms with van der Waals surface area (Å²) in [4.78, 5) is 15.7. The van der Waals surface area contributed by atoms with E-state index in [-0.39, 0.29) is 17.7 Å². The molecule has 2 aliphatic rings. The predicted octanol–water partition coefficient (Wildman–Crippen LogP) is 5.21. The molecule has 0 fully saturated rings. The van der Waals surface area contributed by atoms with Crippen molar-refractivity contribution in [2.75, 3.05) is 37.4 Å². The SMILES string of the molecule is COc1c(CNS(=O)O)cc(C(C)(C)C)cc1NC(=O)Nc1ccc(OCCN2CCn3c(nnc3-c3cccc(O)c3)C2)c2c1CCC2. The Kier molecular flexibility index (Phi) is 10.2. The molecule has 1 unspecified atom stereocenters. The van der Waals surface area contributed by atoms with Crippen LogP contribution < -0.4 is 24.8 Å². The molecule has 3 aromatic carbocycles. The molecule has 1 aliphatic heterocycles. The minimum Gasteiger partial charge on any atom is -0.508 e. The summed E-state index contributed by atoms with van der Waals surface area (Å²) in [6.07, 6.45) is 2.68. The quantitative estimate of drug-likeness (QED) is 0.133. The molecule has 0 saturated carbocycles. The maximum absolute atomic E-state index is 13.4. The molecule has 0 radical (unpaired) electrons. The number of urea groups is 1. The topological polar surface area (TPSA) is 163 Å². The Morgan fingerprint density at radius 1 is 1.02 bits per heavy atom. The van der Waals surface area contributed by atoms with Crippen LogP contribution in [0.2, 0.25) is 0 Å². The second kappa shape index (κ2) is 14.5. The number of rotatable bonds is 11. The zero-order chi connectivity index (χ0) is 34.7. The Labute approximate surface area is 288 Å². The van der Waals surface area contributed by atoms with Gasteiger partial charge in [0.05, 0.1) is 19.3 Å². The van der Waals surface area contributed by atoms with Gasteiger partial charge in [-0.2, -0.15) is 0 Å². The zero-order valence-corrected chi connectivity index (χ0v) is 29.0. The number of nitrogens with zero attached hydrogens (tertiary/aromatic N) is 4. The number of hydrogen-bond acceptors (Lipinski definition) is 8. The van der Waals surface area contributed by atoms with Crippen molar-refractivity contribution in [3.63, 3.8) is 0 Å². The number of carbonyl (C=O) groups excluding carboxylic acids is 1. The normalized spacial score (nSPS) is 15.0. The Bertz CT molecular complexity index is 1870. The second-order valence-electron chi connectivity index (χ2n) is 13.3. The zero-order valence-electron chi connectivity index (χ0n) is 28.2. The van der Waals surface area contributed by atoms with Gasteiger partial charge in [-0.05, 0) is 71.7 Å². The van der Waals surface area contributed by atoms with Crippen LogP contribution in [0.25, 0.3) is 11.4 Å². The summed E-state index contributed by atoms with van der Waals surface area (Å²) in [5.41, 5.74) is 5.59. The predicted molar refractivity (Wildman–Crippen MR) is 188 cm³/mol. The fourth-order valence-corrected chi connectivity index (χ4v) is 6.75. The minimum absolute atomic E-state index is 0.0855. The molecule has 2 amide bonds. The number of hydrogen-bond donors (Lipinski definition) is 5. The number of nitrogens with one attached hydrogen (secondary N) is 3. The number of benzene rings is 3. The largest absolute Gasteiger partial charge is 0.508 e. The first-order valence-corrected chi connectivity index (χ1v) is 17.5. The molecule has 1 atom stereocenters. The van der Waals surface area contributed by atoms with Crippen LogP contribution in [0.4, 0.5) is 16.2 Å². The van der Waals surface area contributed by atoms with Crippen molar-refractivity contribution < 1.29 is 28.1 Å². The van der Waals surface area contributed by atoms with Gasteiger partial charge in [-0.25, -0.2) is 13.7 Å². The van der Waals surface area contributed by atoms with Gasteiger partial charge in [0, 0.05) is 43.0 Å². The van der Waals surface area contributed by atoms with E-state index in [1.165, 1.54) is 7.11 Å². The Balaban J connectivity index is 1.09. The highest BCUT2D eigenvalue weighted by Crippen LogP contribution is 2.38. The van der Waals surface area contributed by atoms with Gasteiger partial charge in [0.2, 0.25) is 11.3 Å². The van der Waals surface area contributed by atoms with Crippen molar-refractivity contribution in [3.8, 4) is 28.6 Å². The summed E-state index contributed by atoms with van der Waals surface area (Å²) in [5, 5.41) is 24.6. The molecule has 4 aromatic rings. The number of methoxy groups -OCH3 is 1. The van der Waals surface area contributed by atoms with E-state index in [2.05, 4.69) is 55.8 Å². The molecular weight excluding hydrogens is 646 g/mol. The fourth-order valence-electron chi connectivity index (χ4n) is 6.47. The smallest absolute Gasteiger partial charge is 0.323 e. The van der Waals surface area contributed by atoms with Crippen molar-refractivity contribution in [2.24, 2.45) is 0 Å². The average Bonchev–Trinajstić information content (AvgIpc) is 3.72. The first-order valence-electron chi connectivity index (χ1n) is 16.4. The highest BCUT2D eigenvalue weighted by atomic mass is 32.2. The summed E-state index contributed by atoms with van der Waals surface area (Å²) in [5.74, 6) is 3.10. The minimum atomic E-state index is -2.20. The van der Waals surface area contributed by atoms with E-state index in [0.29, 0.717) is 30.2 Å². The van der Waals surface area contributed by atoms with Gasteiger partial charge < -0.3 is 29.8 Å². The molecule has 5 N–H and O–H groups in total. The Morgan fingerprint density at radius 2 is 1.82 bits per heavy atom. The number of aromatic nitrogens is 3. The van der Waals surface area contributed by atoms with Gasteiger partial charge in [-0.15, -0.1) is 10.2 Å². The molecule has 0 spiro atoms. The highest BCUT2D eigenvalue weighted by Gasteiger charge is 2.25. The molecule has 260 valence electrons. The first-order chi connectivity index (χ1) is 23.5. The lowest BCUT2D eigenvalue weighted by molar-refractivity contribution is 0.174. The molecule has 49 heavy (non-hydrogen) atoms. The van der Waals surface area contributed by atoms with Gasteiger partial charge in [-0.3, -0.25) is 9.45 Å². The lowest BCUT2D eigenvalue weighted by atomic mass is 9.85. The van der Waals surface area contributed by atoms with Crippen LogP contribution in [0.15, 0.2) is 48.5 Å². The molecular formula is C35H43N7O6S. The van der Waals surface area contributed by atoms with Crippen molar-refractivity contribution in [1.29, 1.82) is 0 Å². The van der Waals surface area contributed by atoms with E-state index >= 15 is 0 Å². The molecule has 2 heterocycles. The van der Waals surface area contributed by atoms with Crippen LogP contribution in [0, 0.1) is 0 Å². The van der Waals surface area contributed by atoms with E-state index in [1.54, 1.807) is 18.2 Å². The summed E-state index contributed by atoms with van der Waals surface area (Å²) in [7, 11) is 1.51. The van der Waals surface area contributed by atoms with E-state index in [9.17, 15) is 18.7 Å². The van der Waals surface area contributed by atoms with E-state index in [4.69, 9.17) is 9.47 Å². The number of carbonyl (C=O) groups is 1. The number of ether oxygens (including phenoxy) is 2. The lowest BCUT2D eigenvalue weighted by Crippen LogP contribution is -2.36. The third-order valence-electron chi connectivity index (χ3n) is 8.96. The van der Waals surface area contributed by atoms with Gasteiger partial charge in [0.25, 0.3) is 0 Å². The van der Waals surface area contributed by atoms with Gasteiger partial charge >= 0.3 is 6.03 Å². The van der Waals surface area contributed by atoms with Gasteiger partial charge in [0.1, 0.15) is 29.7 Å². The molecule has 14 heteroatoms.